The van der Waals surface area contributed by atoms with Crippen LogP contribution in [0.1, 0.15) is 18.4 Å². The van der Waals surface area contributed by atoms with Gasteiger partial charge in [0.2, 0.25) is 0 Å². The fourth-order valence-corrected chi connectivity index (χ4v) is 3.47. The highest BCUT2D eigenvalue weighted by Gasteiger charge is 2.20. The lowest BCUT2D eigenvalue weighted by molar-refractivity contribution is -0.139. The van der Waals surface area contributed by atoms with E-state index in [0.717, 1.165) is 6.07 Å². The first-order valence-corrected chi connectivity index (χ1v) is 10.0. The molecular weight excluding hydrogens is 450 g/mol. The van der Waals surface area contributed by atoms with Crippen LogP contribution in [-0.4, -0.2) is 38.5 Å². The maximum Gasteiger partial charge on any atom is 0.305 e. The molecule has 0 saturated heterocycles. The van der Waals surface area contributed by atoms with Gasteiger partial charge in [0.15, 0.2) is 17.5 Å². The van der Waals surface area contributed by atoms with Crippen molar-refractivity contribution in [3.05, 3.63) is 65.6 Å². The maximum atomic E-state index is 14.3. The molecule has 1 heterocycles. The van der Waals surface area contributed by atoms with Gasteiger partial charge in [-0.25, -0.2) is 13.2 Å². The summed E-state index contributed by atoms with van der Waals surface area (Å²) in [5.41, 5.74) is 0.589. The van der Waals surface area contributed by atoms with Gasteiger partial charge in [-0.3, -0.25) is 9.78 Å². The largest absolute Gasteiger partial charge is 0.481 e. The number of hydrogen-bond acceptors (Lipinski definition) is 5. The van der Waals surface area contributed by atoms with E-state index in [0.29, 0.717) is 16.0 Å². The van der Waals surface area contributed by atoms with Crippen molar-refractivity contribution in [2.75, 3.05) is 0 Å². The van der Waals surface area contributed by atoms with Gasteiger partial charge in [-0.1, -0.05) is 24.3 Å². The number of aliphatic hydroxyl groups is 2. The van der Waals surface area contributed by atoms with Crippen LogP contribution in [0.15, 0.2) is 47.5 Å². The number of aliphatic carboxylic acids is 1. The molecule has 10 heteroatoms. The predicted octanol–water partition coefficient (Wildman–Crippen LogP) is 4.90. The molecule has 0 fully saturated rings. The Labute approximate surface area is 184 Å². The van der Waals surface area contributed by atoms with E-state index in [1.807, 2.05) is 0 Å². The highest BCUT2D eigenvalue weighted by Crippen LogP contribution is 2.35. The van der Waals surface area contributed by atoms with Gasteiger partial charge in [-0.2, -0.15) is 3.89 Å². The summed E-state index contributed by atoms with van der Waals surface area (Å²) in [4.78, 5) is 14.8. The van der Waals surface area contributed by atoms with Gasteiger partial charge in [-0.05, 0) is 23.8 Å². The molecule has 1 unspecified atom stereocenters. The summed E-state index contributed by atoms with van der Waals surface area (Å²) in [7, 11) is 0. The number of benzene rings is 2. The van der Waals surface area contributed by atoms with E-state index in [1.165, 1.54) is 42.6 Å². The molecule has 32 heavy (non-hydrogen) atoms. The van der Waals surface area contributed by atoms with E-state index in [2.05, 4.69) is 4.98 Å². The summed E-state index contributed by atoms with van der Waals surface area (Å²) in [6.45, 7) is 0. The topological polar surface area (TPSA) is 90.7 Å². The van der Waals surface area contributed by atoms with Crippen LogP contribution in [-0.2, 0) is 4.79 Å². The average Bonchev–Trinajstić information content (AvgIpc) is 2.75. The zero-order valence-corrected chi connectivity index (χ0v) is 17.1. The zero-order chi connectivity index (χ0) is 23.4. The van der Waals surface area contributed by atoms with Gasteiger partial charge < -0.3 is 15.3 Å². The molecule has 5 nitrogen and oxygen atoms in total. The highest BCUT2D eigenvalue weighted by molar-refractivity contribution is 7.94. The zero-order valence-electron chi connectivity index (χ0n) is 16.3. The average molecular weight is 467 g/mol. The van der Waals surface area contributed by atoms with Gasteiger partial charge in [0.1, 0.15) is 5.52 Å². The van der Waals surface area contributed by atoms with Crippen molar-refractivity contribution in [2.45, 2.75) is 29.9 Å². The second-order valence-corrected chi connectivity index (χ2v) is 7.61. The lowest BCUT2D eigenvalue weighted by atomic mass is 9.95. The number of fused-ring (bicyclic) bond motifs is 1. The fraction of sp³-hybridized carbons (Fsp3) is 0.182. The molecule has 2 aromatic carbocycles. The number of carbonyl (C=O) groups is 1. The summed E-state index contributed by atoms with van der Waals surface area (Å²) in [5.74, 6) is -5.75. The van der Waals surface area contributed by atoms with Gasteiger partial charge >= 0.3 is 5.97 Å². The van der Waals surface area contributed by atoms with Crippen LogP contribution in [0.4, 0.5) is 17.1 Å². The number of halogens is 4. The molecule has 0 saturated carbocycles. The number of pyridine rings is 1. The molecule has 1 aromatic heterocycles. The Morgan fingerprint density at radius 3 is 2.44 bits per heavy atom. The molecule has 0 radical (unpaired) electrons. The van der Waals surface area contributed by atoms with E-state index in [1.54, 1.807) is 0 Å². The van der Waals surface area contributed by atoms with E-state index in [4.69, 9.17) is 5.11 Å². The molecule has 0 amide bonds. The molecule has 0 aliphatic carbocycles. The predicted molar refractivity (Wildman–Crippen MR) is 112 cm³/mol. The van der Waals surface area contributed by atoms with Crippen molar-refractivity contribution < 1.29 is 37.2 Å². The monoisotopic (exact) mass is 467 g/mol. The Morgan fingerprint density at radius 2 is 1.81 bits per heavy atom. The quantitative estimate of drug-likeness (QED) is 0.323. The lowest BCUT2D eigenvalue weighted by Crippen LogP contribution is -2.19. The molecule has 0 aliphatic heterocycles. The number of nitrogens with zero attached hydrogens (tertiary/aromatic N) is 1. The van der Waals surface area contributed by atoms with Gasteiger partial charge in [0.25, 0.3) is 0 Å². The SMILES string of the molecule is O=C(O)CC(O)C[C@H](O)C=Cc1cnc2c(F)c(F)c(F)cc2c1-c1ccc(SF)cc1. The number of carboxylic acid groups (broad SMARTS) is 1. The van der Waals surface area contributed by atoms with Crippen molar-refractivity contribution in [2.24, 2.45) is 0 Å². The van der Waals surface area contributed by atoms with E-state index in [9.17, 15) is 32.1 Å². The minimum Gasteiger partial charge on any atom is -0.481 e. The normalized spacial score (nSPS) is 13.6. The van der Waals surface area contributed by atoms with Crippen LogP contribution in [0.3, 0.4) is 0 Å². The third-order valence-corrected chi connectivity index (χ3v) is 5.13. The first kappa shape index (κ1) is 23.7. The van der Waals surface area contributed by atoms with Crippen molar-refractivity contribution in [3.63, 3.8) is 0 Å². The summed E-state index contributed by atoms with van der Waals surface area (Å²) < 4.78 is 54.8. The van der Waals surface area contributed by atoms with Crippen LogP contribution in [0.5, 0.6) is 0 Å². The number of aliphatic hydroxyl groups excluding tert-OH is 2. The molecule has 2 atom stereocenters. The third-order valence-electron chi connectivity index (χ3n) is 4.68. The lowest BCUT2D eigenvalue weighted by Gasteiger charge is -2.14. The number of aromatic nitrogens is 1. The minimum absolute atomic E-state index is 0.0169. The van der Waals surface area contributed by atoms with Crippen molar-refractivity contribution in [3.8, 4) is 11.1 Å². The van der Waals surface area contributed by atoms with E-state index < -0.39 is 47.6 Å². The van der Waals surface area contributed by atoms with Gasteiger partial charge in [0, 0.05) is 34.0 Å². The molecule has 0 spiro atoms. The summed E-state index contributed by atoms with van der Waals surface area (Å²) in [6, 6.07) is 6.74. The van der Waals surface area contributed by atoms with Gasteiger partial charge in [0.05, 0.1) is 30.8 Å². The molecule has 0 bridgehead atoms. The van der Waals surface area contributed by atoms with E-state index >= 15 is 0 Å². The smallest absolute Gasteiger partial charge is 0.305 e. The Kier molecular flexibility index (Phi) is 7.49. The first-order chi connectivity index (χ1) is 15.2. The van der Waals surface area contributed by atoms with Crippen molar-refractivity contribution in [1.82, 2.24) is 4.98 Å². The van der Waals surface area contributed by atoms with Gasteiger partial charge in [-0.15, -0.1) is 0 Å². The highest BCUT2D eigenvalue weighted by atomic mass is 32.2. The fourth-order valence-electron chi connectivity index (χ4n) is 3.23. The van der Waals surface area contributed by atoms with Crippen LogP contribution >= 0.6 is 12.1 Å². The van der Waals surface area contributed by atoms with Crippen molar-refractivity contribution >= 4 is 35.1 Å². The molecule has 3 rings (SSSR count). The Balaban J connectivity index is 2.09. The Hall–Kier alpha value is -2.95. The Morgan fingerprint density at radius 1 is 1.12 bits per heavy atom. The van der Waals surface area contributed by atoms with Crippen molar-refractivity contribution in [1.29, 1.82) is 0 Å². The molecular formula is C22H17F4NO4S. The van der Waals surface area contributed by atoms with Crippen LogP contribution < -0.4 is 0 Å². The Bertz CT molecular complexity index is 1170. The molecule has 3 N–H and O–H groups in total. The second-order valence-electron chi connectivity index (χ2n) is 6.99. The first-order valence-electron chi connectivity index (χ1n) is 9.32. The maximum absolute atomic E-state index is 14.3. The third kappa shape index (κ3) is 5.26. The number of carboxylic acids is 1. The van der Waals surface area contributed by atoms with Crippen LogP contribution in [0, 0.1) is 17.5 Å². The van der Waals surface area contributed by atoms with Crippen LogP contribution in [0.25, 0.3) is 28.1 Å². The second kappa shape index (κ2) is 10.1. The summed E-state index contributed by atoms with van der Waals surface area (Å²) in [6.07, 6.45) is 0.550. The number of hydrogen-bond donors (Lipinski definition) is 3. The molecule has 168 valence electrons. The summed E-state index contributed by atoms with van der Waals surface area (Å²) in [5, 5.41) is 28.4. The van der Waals surface area contributed by atoms with Crippen LogP contribution in [0.2, 0.25) is 0 Å². The summed E-state index contributed by atoms with van der Waals surface area (Å²) >= 11 is 0.0169. The number of rotatable bonds is 8. The molecule has 0 aliphatic rings. The van der Waals surface area contributed by atoms with E-state index in [-0.39, 0.29) is 29.5 Å². The minimum atomic E-state index is -1.66. The molecule has 3 aromatic rings. The standard InChI is InChI=1S/C22H17F4NO4S/c23-17-9-16-19(11-2-5-15(32-26)6-3-11)12(10-27-22(16)21(25)20(17)24)1-4-13(28)7-14(29)8-18(30)31/h1-6,9-10,13-14,28-29H,7-8H2,(H,30,31)/t13-,14?/m1/s1.